The van der Waals surface area contributed by atoms with Crippen LogP contribution in [0.4, 0.5) is 4.79 Å². The minimum atomic E-state index is -3.41. The summed E-state index contributed by atoms with van der Waals surface area (Å²) in [5.74, 6) is -2.55. The third-order valence-electron chi connectivity index (χ3n) is 12.3. The maximum Gasteiger partial charge on any atom is 0.315 e. The molecule has 5 rings (SSSR count). The topological polar surface area (TPSA) is 188 Å². The fourth-order valence-corrected chi connectivity index (χ4v) is 10.3. The van der Waals surface area contributed by atoms with Gasteiger partial charge in [-0.25, -0.2) is 13.2 Å². The summed E-state index contributed by atoms with van der Waals surface area (Å²) in [6.07, 6.45) is 9.01. The predicted octanol–water partition coefficient (Wildman–Crippen LogP) is 2.29. The van der Waals surface area contributed by atoms with Crippen LogP contribution in [0.2, 0.25) is 0 Å². The van der Waals surface area contributed by atoms with E-state index in [0.29, 0.717) is 25.9 Å². The lowest BCUT2D eigenvalue weighted by Gasteiger charge is -2.39. The van der Waals surface area contributed by atoms with Crippen molar-refractivity contribution in [3.05, 3.63) is 0 Å². The van der Waals surface area contributed by atoms with Gasteiger partial charge in [-0.1, -0.05) is 73.1 Å². The highest BCUT2D eigenvalue weighted by Crippen LogP contribution is 2.65. The molecule has 0 aromatic rings. The van der Waals surface area contributed by atoms with Gasteiger partial charge in [-0.3, -0.25) is 19.2 Å². The van der Waals surface area contributed by atoms with E-state index < -0.39 is 63.2 Å². The third kappa shape index (κ3) is 8.26. The molecule has 5 N–H and O–H groups in total. The number of urea groups is 1. The van der Waals surface area contributed by atoms with Crippen LogP contribution in [-0.4, -0.2) is 96.7 Å². The van der Waals surface area contributed by atoms with Crippen LogP contribution in [0.1, 0.15) is 105 Å². The minimum Gasteiger partial charge on any atom is -0.363 e. The molecular weight excluding hydrogens is 648 g/mol. The minimum absolute atomic E-state index is 0.0849. The summed E-state index contributed by atoms with van der Waals surface area (Å²) in [6.45, 7) is 10.9. The molecule has 13 nitrogen and oxygen atoms in total. The summed E-state index contributed by atoms with van der Waals surface area (Å²) in [5.41, 5.74) is 4.71. The van der Waals surface area contributed by atoms with Crippen LogP contribution in [0.25, 0.3) is 0 Å². The number of likely N-dealkylation sites (tertiary alicyclic amines) is 1. The van der Waals surface area contributed by atoms with Gasteiger partial charge in [0, 0.05) is 25.7 Å². The molecule has 0 radical (unpaired) electrons. The van der Waals surface area contributed by atoms with Crippen molar-refractivity contribution in [2.24, 2.45) is 40.2 Å². The Labute approximate surface area is 291 Å². The van der Waals surface area contributed by atoms with Gasteiger partial charge in [-0.15, -0.1) is 0 Å². The lowest BCUT2D eigenvalue weighted by Crippen LogP contribution is -2.62. The van der Waals surface area contributed by atoms with E-state index in [9.17, 15) is 32.4 Å². The largest absolute Gasteiger partial charge is 0.363 e. The lowest BCUT2D eigenvalue weighted by molar-refractivity contribution is -0.144. The highest BCUT2D eigenvalue weighted by atomic mass is 32.2. The molecule has 5 fully saturated rings. The van der Waals surface area contributed by atoms with E-state index in [0.717, 1.165) is 57.8 Å². The molecule has 0 aromatic carbocycles. The average molecular weight is 707 g/mol. The molecule has 276 valence electrons. The number of ketones is 1. The molecule has 49 heavy (non-hydrogen) atoms. The quantitative estimate of drug-likeness (QED) is 0.224. The molecule has 14 heteroatoms. The zero-order valence-corrected chi connectivity index (χ0v) is 30.8. The van der Waals surface area contributed by atoms with Gasteiger partial charge in [-0.2, -0.15) is 4.31 Å². The van der Waals surface area contributed by atoms with E-state index in [1.54, 1.807) is 4.90 Å². The number of piperidine rings is 1. The molecule has 0 aromatic heterocycles. The van der Waals surface area contributed by atoms with Gasteiger partial charge in [0.05, 0.1) is 11.8 Å². The molecule has 2 saturated heterocycles. The Morgan fingerprint density at radius 2 is 1.57 bits per heavy atom. The Kier molecular flexibility index (Phi) is 11.1. The predicted molar refractivity (Wildman–Crippen MR) is 184 cm³/mol. The molecule has 5 aliphatic rings. The fraction of sp³-hybridized carbons (Fsp3) is 0.857. The smallest absolute Gasteiger partial charge is 0.315 e. The second kappa shape index (κ2) is 14.5. The number of nitrogens with two attached hydrogens (primary N) is 1. The highest BCUT2D eigenvalue weighted by Gasteiger charge is 2.69. The number of rotatable bonds is 12. The highest BCUT2D eigenvalue weighted by molar-refractivity contribution is 7.89. The summed E-state index contributed by atoms with van der Waals surface area (Å²) in [7, 11) is -3.41. The number of nitrogens with zero attached hydrogens (tertiary/aromatic N) is 2. The van der Waals surface area contributed by atoms with Gasteiger partial charge in [-0.05, 0) is 66.6 Å². The van der Waals surface area contributed by atoms with E-state index in [4.69, 9.17) is 5.73 Å². The van der Waals surface area contributed by atoms with Crippen LogP contribution in [0, 0.1) is 34.5 Å². The molecule has 2 unspecified atom stereocenters. The van der Waals surface area contributed by atoms with Crippen LogP contribution < -0.4 is 21.7 Å². The first-order valence-corrected chi connectivity index (χ1v) is 20.0. The number of Topliss-reactive ketones (excluding diaryl/α,β-unsaturated/α-hetero) is 1. The van der Waals surface area contributed by atoms with Gasteiger partial charge < -0.3 is 26.6 Å². The second-order valence-electron chi connectivity index (χ2n) is 17.0. The maximum absolute atomic E-state index is 14.6. The van der Waals surface area contributed by atoms with Gasteiger partial charge >= 0.3 is 6.03 Å². The van der Waals surface area contributed by atoms with Crippen LogP contribution in [0.5, 0.6) is 0 Å². The first-order valence-electron chi connectivity index (χ1n) is 18.4. The molecule has 3 saturated carbocycles. The number of primary amides is 1. The molecule has 0 spiro atoms. The van der Waals surface area contributed by atoms with Crippen molar-refractivity contribution in [2.75, 3.05) is 25.4 Å². The molecule has 6 atom stereocenters. The summed E-state index contributed by atoms with van der Waals surface area (Å²) in [6, 6.07) is -3.83. The number of amides is 5. The van der Waals surface area contributed by atoms with Gasteiger partial charge in [0.25, 0.3) is 5.91 Å². The van der Waals surface area contributed by atoms with Gasteiger partial charge in [0.2, 0.25) is 27.6 Å². The molecule has 5 amide bonds. The third-order valence-corrected chi connectivity index (χ3v) is 14.2. The average Bonchev–Trinajstić information content (AvgIpc) is 3.31. The number of hydrogen-bond donors (Lipinski definition) is 4. The van der Waals surface area contributed by atoms with Crippen molar-refractivity contribution in [3.8, 4) is 0 Å². The Bertz CT molecular complexity index is 1400. The van der Waals surface area contributed by atoms with Crippen LogP contribution in [0.15, 0.2) is 0 Å². The van der Waals surface area contributed by atoms with Crippen molar-refractivity contribution < 1.29 is 32.4 Å². The van der Waals surface area contributed by atoms with E-state index in [-0.39, 0.29) is 47.3 Å². The Hall–Kier alpha value is -2.74. The number of sulfonamides is 1. The number of carbonyl (C=O) groups excluding carboxylic acids is 5. The normalized spacial score (nSPS) is 28.7. The monoisotopic (exact) mass is 706 g/mol. The van der Waals surface area contributed by atoms with E-state index >= 15 is 0 Å². The summed E-state index contributed by atoms with van der Waals surface area (Å²) < 4.78 is 27.0. The van der Waals surface area contributed by atoms with Crippen molar-refractivity contribution >= 4 is 39.6 Å². The molecular formula is C35H58N6O7S. The van der Waals surface area contributed by atoms with Crippen molar-refractivity contribution in [2.45, 2.75) is 129 Å². The number of nitrogens with one attached hydrogen (secondary N) is 3. The Morgan fingerprint density at radius 3 is 2.14 bits per heavy atom. The molecule has 0 bridgehead atoms. The van der Waals surface area contributed by atoms with Crippen molar-refractivity contribution in [3.63, 3.8) is 0 Å². The van der Waals surface area contributed by atoms with E-state index in [1.807, 2.05) is 20.8 Å². The van der Waals surface area contributed by atoms with E-state index in [1.165, 1.54) is 4.31 Å². The van der Waals surface area contributed by atoms with Crippen LogP contribution >= 0.6 is 0 Å². The SMILES string of the molecule is CC(C)(C)[C@@H](CN1CCCCS1(=O)=O)NC(=O)N[C@H](C(=O)N1C[C@H]2[C@@H](C1C(=O)NC(CC1CCC1)C(=O)C(N)=O)C2(C)C)C1CCCCC1. The van der Waals surface area contributed by atoms with Crippen LogP contribution in [0.3, 0.4) is 0 Å². The summed E-state index contributed by atoms with van der Waals surface area (Å²) >= 11 is 0. The fourth-order valence-electron chi connectivity index (χ4n) is 8.69. The number of hydrogen-bond acceptors (Lipinski definition) is 7. The Balaban J connectivity index is 1.35. The van der Waals surface area contributed by atoms with E-state index in [2.05, 4.69) is 29.8 Å². The zero-order valence-electron chi connectivity index (χ0n) is 30.0. The van der Waals surface area contributed by atoms with Gasteiger partial charge in [0.1, 0.15) is 12.1 Å². The molecule has 3 aliphatic carbocycles. The molecule has 2 aliphatic heterocycles. The van der Waals surface area contributed by atoms with Gasteiger partial charge in [0.15, 0.2) is 0 Å². The van der Waals surface area contributed by atoms with Crippen molar-refractivity contribution in [1.82, 2.24) is 25.2 Å². The number of carbonyl (C=O) groups is 5. The summed E-state index contributed by atoms with van der Waals surface area (Å²) in [5, 5.41) is 8.84. The standard InChI is InChI=1S/C35H58N6O7S/c1-34(2,3)25(20-40-16-9-10-17-49(40,47)48)38-33(46)39-27(22-14-7-6-8-15-22)32(45)41-19-23-26(35(23,4)5)28(41)31(44)37-24(29(42)30(36)43)18-21-12-11-13-21/h21-28H,6-20H2,1-5H3,(H2,36,43)(H,37,44)(H2,38,39,46)/t23-,24?,25+,26-,27-,28?/m0/s1. The second-order valence-corrected chi connectivity index (χ2v) is 19.1. The molecule has 2 heterocycles. The number of fused-ring (bicyclic) bond motifs is 1. The van der Waals surface area contributed by atoms with Crippen molar-refractivity contribution in [1.29, 1.82) is 0 Å². The lowest BCUT2D eigenvalue weighted by atomic mass is 9.80. The maximum atomic E-state index is 14.6. The summed E-state index contributed by atoms with van der Waals surface area (Å²) in [4.78, 5) is 68.7. The van der Waals surface area contributed by atoms with Crippen LogP contribution in [-0.2, 0) is 29.2 Å². The first kappa shape index (κ1) is 37.5. The Morgan fingerprint density at radius 1 is 0.898 bits per heavy atom. The first-order chi connectivity index (χ1) is 22.9. The zero-order chi connectivity index (χ0) is 35.9.